The highest BCUT2D eigenvalue weighted by atomic mass is 35.5. The summed E-state index contributed by atoms with van der Waals surface area (Å²) in [5.74, 6) is 1.02. The highest BCUT2D eigenvalue weighted by Crippen LogP contribution is 2.34. The van der Waals surface area contributed by atoms with Crippen LogP contribution in [-0.4, -0.2) is 22.5 Å². The van der Waals surface area contributed by atoms with Crippen molar-refractivity contribution >= 4 is 44.7 Å². The summed E-state index contributed by atoms with van der Waals surface area (Å²) in [4.78, 5) is 22.6. The highest BCUT2D eigenvalue weighted by Gasteiger charge is 2.20. The Morgan fingerprint density at radius 1 is 1.06 bits per heavy atom. The number of carbonyl (C=O) groups is 1. The molecule has 8 heteroatoms. The van der Waals surface area contributed by atoms with Crippen LogP contribution in [0.2, 0.25) is 5.02 Å². The molecular formula is C23H20ClN3O3S. The fourth-order valence-corrected chi connectivity index (χ4v) is 4.23. The first-order valence-electron chi connectivity index (χ1n) is 9.70. The Labute approximate surface area is 188 Å². The smallest absolute Gasteiger partial charge is 0.266 e. The van der Waals surface area contributed by atoms with Crippen LogP contribution in [0.1, 0.15) is 27.7 Å². The number of nitrogens with one attached hydrogen (secondary N) is 1. The molecule has 1 amide bonds. The molecule has 0 saturated heterocycles. The first-order valence-corrected chi connectivity index (χ1v) is 10.9. The summed E-state index contributed by atoms with van der Waals surface area (Å²) in [5, 5.41) is 4.41. The summed E-state index contributed by atoms with van der Waals surface area (Å²) >= 11 is 7.22. The number of hydrogen-bond acceptors (Lipinski definition) is 6. The number of anilines is 1. The van der Waals surface area contributed by atoms with Crippen molar-refractivity contribution < 1.29 is 14.3 Å². The number of amides is 1. The average Bonchev–Trinajstić information content (AvgIpc) is 3.12. The van der Waals surface area contributed by atoms with E-state index in [0.29, 0.717) is 40.4 Å². The molecule has 6 nitrogen and oxygen atoms in total. The summed E-state index contributed by atoms with van der Waals surface area (Å²) in [5.41, 5.74) is 2.51. The second kappa shape index (κ2) is 9.32. The molecule has 2 heterocycles. The highest BCUT2D eigenvalue weighted by molar-refractivity contribution is 7.20. The summed E-state index contributed by atoms with van der Waals surface area (Å²) in [6.45, 7) is 4.71. The van der Waals surface area contributed by atoms with Crippen molar-refractivity contribution in [3.8, 4) is 11.6 Å². The summed E-state index contributed by atoms with van der Waals surface area (Å²) in [7, 11) is 0. The zero-order chi connectivity index (χ0) is 21.8. The van der Waals surface area contributed by atoms with Gasteiger partial charge in [-0.2, -0.15) is 0 Å². The van der Waals surface area contributed by atoms with Crippen molar-refractivity contribution in [3.63, 3.8) is 0 Å². The van der Waals surface area contributed by atoms with Gasteiger partial charge in [0.2, 0.25) is 5.88 Å². The molecule has 31 heavy (non-hydrogen) atoms. The predicted octanol–water partition coefficient (Wildman–Crippen LogP) is 5.88. The topological polar surface area (TPSA) is 73.3 Å². The molecule has 0 bridgehead atoms. The lowest BCUT2D eigenvalue weighted by Gasteiger charge is -2.09. The maximum Gasteiger partial charge on any atom is 0.266 e. The van der Waals surface area contributed by atoms with Crippen LogP contribution in [0, 0.1) is 6.92 Å². The van der Waals surface area contributed by atoms with Crippen molar-refractivity contribution in [2.45, 2.75) is 20.5 Å². The summed E-state index contributed by atoms with van der Waals surface area (Å²) in [6, 6.07) is 14.8. The molecule has 0 atom stereocenters. The normalized spacial score (nSPS) is 10.8. The van der Waals surface area contributed by atoms with Crippen LogP contribution in [0.3, 0.4) is 0 Å². The quantitative estimate of drug-likeness (QED) is 0.378. The lowest BCUT2D eigenvalue weighted by molar-refractivity contribution is 0.103. The van der Waals surface area contributed by atoms with Crippen LogP contribution in [0.4, 0.5) is 5.69 Å². The third kappa shape index (κ3) is 4.78. The predicted molar refractivity (Wildman–Crippen MR) is 124 cm³/mol. The number of carbonyl (C=O) groups excluding carboxylic acids is 1. The third-order valence-electron chi connectivity index (χ3n) is 4.61. The van der Waals surface area contributed by atoms with E-state index in [1.165, 1.54) is 17.7 Å². The third-order valence-corrected chi connectivity index (χ3v) is 6.06. The van der Waals surface area contributed by atoms with Crippen molar-refractivity contribution in [2.24, 2.45) is 0 Å². The fourth-order valence-electron chi connectivity index (χ4n) is 3.07. The van der Waals surface area contributed by atoms with Crippen molar-refractivity contribution in [1.82, 2.24) is 9.97 Å². The Morgan fingerprint density at radius 2 is 1.81 bits per heavy atom. The Bertz CT molecular complexity index is 1210. The van der Waals surface area contributed by atoms with Crippen LogP contribution in [0.5, 0.6) is 11.6 Å². The van der Waals surface area contributed by atoms with Crippen LogP contribution >= 0.6 is 22.9 Å². The van der Waals surface area contributed by atoms with Gasteiger partial charge >= 0.3 is 0 Å². The molecule has 0 aliphatic carbocycles. The number of ether oxygens (including phenoxy) is 2. The largest absolute Gasteiger partial charge is 0.489 e. The van der Waals surface area contributed by atoms with Gasteiger partial charge in [0, 0.05) is 10.7 Å². The first kappa shape index (κ1) is 21.1. The number of aromatic nitrogens is 2. The minimum atomic E-state index is -0.196. The molecule has 2 aromatic carbocycles. The van der Waals surface area contributed by atoms with Gasteiger partial charge in [0.1, 0.15) is 23.5 Å². The molecule has 2 aromatic heterocycles. The monoisotopic (exact) mass is 453 g/mol. The molecule has 4 rings (SSSR count). The number of nitrogens with zero attached hydrogens (tertiary/aromatic N) is 2. The van der Waals surface area contributed by atoms with E-state index in [0.717, 1.165) is 21.3 Å². The van der Waals surface area contributed by atoms with Gasteiger partial charge < -0.3 is 14.8 Å². The average molecular weight is 454 g/mol. The number of benzene rings is 2. The number of rotatable bonds is 7. The maximum absolute atomic E-state index is 12.9. The summed E-state index contributed by atoms with van der Waals surface area (Å²) in [6.07, 6.45) is 1.45. The van der Waals surface area contributed by atoms with Crippen LogP contribution < -0.4 is 14.8 Å². The Hall–Kier alpha value is -3.16. The molecule has 0 aliphatic rings. The summed E-state index contributed by atoms with van der Waals surface area (Å²) < 4.78 is 11.4. The standard InChI is InChI=1S/C23H20ClN3O3S/c1-3-29-22-19-14(2)20(31-23(19)26-13-25-22)21(28)27-17-8-10-18(11-9-17)30-12-15-4-6-16(24)7-5-15/h4-11,13H,3,12H2,1-2H3,(H,27,28). The van der Waals surface area contributed by atoms with Gasteiger partial charge in [-0.1, -0.05) is 23.7 Å². The van der Waals surface area contributed by atoms with Crippen LogP contribution in [-0.2, 0) is 6.61 Å². The second-order valence-electron chi connectivity index (χ2n) is 6.74. The molecule has 0 aliphatic heterocycles. The number of hydrogen-bond donors (Lipinski definition) is 1. The van der Waals surface area contributed by atoms with Crippen LogP contribution in [0.15, 0.2) is 54.9 Å². The molecule has 0 fully saturated rings. The number of aryl methyl sites for hydroxylation is 1. The number of fused-ring (bicyclic) bond motifs is 1. The molecular weight excluding hydrogens is 434 g/mol. The van der Waals surface area contributed by atoms with Gasteiger partial charge in [0.05, 0.1) is 16.9 Å². The Morgan fingerprint density at radius 3 is 2.52 bits per heavy atom. The fraction of sp³-hybridized carbons (Fsp3) is 0.174. The first-order chi connectivity index (χ1) is 15.0. The molecule has 0 spiro atoms. The molecule has 0 unspecified atom stereocenters. The second-order valence-corrected chi connectivity index (χ2v) is 8.18. The lowest BCUT2D eigenvalue weighted by Crippen LogP contribution is -2.11. The van der Waals surface area contributed by atoms with Gasteiger partial charge in [-0.15, -0.1) is 11.3 Å². The number of thiophene rings is 1. The zero-order valence-electron chi connectivity index (χ0n) is 17.0. The number of halogens is 1. The van der Waals surface area contributed by atoms with E-state index in [-0.39, 0.29) is 5.91 Å². The Kier molecular flexibility index (Phi) is 6.34. The van der Waals surface area contributed by atoms with Gasteiger partial charge in [-0.05, 0) is 61.4 Å². The van der Waals surface area contributed by atoms with E-state index in [2.05, 4.69) is 15.3 Å². The van der Waals surface area contributed by atoms with Gasteiger partial charge in [0.15, 0.2) is 0 Å². The van der Waals surface area contributed by atoms with Crippen molar-refractivity contribution in [1.29, 1.82) is 0 Å². The van der Waals surface area contributed by atoms with Gasteiger partial charge in [-0.3, -0.25) is 4.79 Å². The lowest BCUT2D eigenvalue weighted by atomic mass is 10.2. The van der Waals surface area contributed by atoms with Gasteiger partial charge in [0.25, 0.3) is 5.91 Å². The van der Waals surface area contributed by atoms with E-state index < -0.39 is 0 Å². The maximum atomic E-state index is 12.9. The van der Waals surface area contributed by atoms with E-state index in [9.17, 15) is 4.79 Å². The molecule has 1 N–H and O–H groups in total. The SMILES string of the molecule is CCOc1ncnc2sc(C(=O)Nc3ccc(OCc4ccc(Cl)cc4)cc3)c(C)c12. The van der Waals surface area contributed by atoms with E-state index in [1.54, 1.807) is 0 Å². The molecule has 4 aromatic rings. The molecule has 0 radical (unpaired) electrons. The molecule has 158 valence electrons. The zero-order valence-corrected chi connectivity index (χ0v) is 18.6. The van der Waals surface area contributed by atoms with E-state index >= 15 is 0 Å². The van der Waals surface area contributed by atoms with Crippen molar-refractivity contribution in [3.05, 3.63) is 75.9 Å². The minimum Gasteiger partial charge on any atom is -0.489 e. The Balaban J connectivity index is 1.44. The van der Waals surface area contributed by atoms with Crippen molar-refractivity contribution in [2.75, 3.05) is 11.9 Å². The minimum absolute atomic E-state index is 0.196. The van der Waals surface area contributed by atoms with E-state index in [4.69, 9.17) is 21.1 Å². The van der Waals surface area contributed by atoms with Gasteiger partial charge in [-0.25, -0.2) is 9.97 Å². The molecule has 0 saturated carbocycles. The van der Waals surface area contributed by atoms with E-state index in [1.807, 2.05) is 62.4 Å². The van der Waals surface area contributed by atoms with Crippen LogP contribution in [0.25, 0.3) is 10.2 Å².